The molecule has 4 atom stereocenters. The molecule has 5 N–H and O–H groups in total. The molecule has 0 saturated carbocycles. The van der Waals surface area contributed by atoms with E-state index in [2.05, 4.69) is 52.0 Å². The largest absolute Gasteiger partial charge is 0.472 e. The van der Waals surface area contributed by atoms with Gasteiger partial charge in [0.25, 0.3) is 0 Å². The number of carbonyl (C=O) groups is 2. The van der Waals surface area contributed by atoms with Gasteiger partial charge in [-0.3, -0.25) is 18.6 Å². The van der Waals surface area contributed by atoms with Gasteiger partial charge >= 0.3 is 19.8 Å². The van der Waals surface area contributed by atoms with Crippen LogP contribution >= 0.6 is 7.82 Å². The molecule has 0 aromatic carbocycles. The predicted molar refractivity (Wildman–Crippen MR) is 240 cm³/mol. The first-order valence-corrected chi connectivity index (χ1v) is 24.5. The molecule has 1 rings (SSSR count). The summed E-state index contributed by atoms with van der Waals surface area (Å²) < 4.78 is 38.9. The molecule has 0 aliphatic carbocycles. The van der Waals surface area contributed by atoms with Gasteiger partial charge in [-0.2, -0.15) is 0 Å². The Balaban J connectivity index is 2.35. The summed E-state index contributed by atoms with van der Waals surface area (Å²) in [6.45, 7) is 7.64. The highest BCUT2D eigenvalue weighted by Crippen LogP contribution is 2.43. The number of carbonyl (C=O) groups excluding carboxylic acids is 2. The lowest BCUT2D eigenvalue weighted by molar-refractivity contribution is -0.161. The highest BCUT2D eigenvalue weighted by molar-refractivity contribution is 7.47. The van der Waals surface area contributed by atoms with E-state index < -0.39 is 44.7 Å². The van der Waals surface area contributed by atoms with Crippen LogP contribution in [0.4, 0.5) is 0 Å². The summed E-state index contributed by atoms with van der Waals surface area (Å²) in [5, 5.41) is 20.7. The Bertz CT molecular complexity index is 1390. The van der Waals surface area contributed by atoms with Crippen LogP contribution < -0.4 is 5.73 Å². The molecular weight excluding hydrogens is 785 g/mol. The Morgan fingerprint density at radius 3 is 1.87 bits per heavy atom. The molecule has 3 unspecified atom stereocenters. The van der Waals surface area contributed by atoms with Crippen LogP contribution in [0.2, 0.25) is 0 Å². The molecule has 12 nitrogen and oxygen atoms in total. The molecule has 1 aromatic rings. The van der Waals surface area contributed by atoms with E-state index in [4.69, 9.17) is 28.7 Å². The first kappa shape index (κ1) is 55.4. The summed E-state index contributed by atoms with van der Waals surface area (Å²) >= 11 is 0. The van der Waals surface area contributed by atoms with Crippen molar-refractivity contribution in [3.05, 3.63) is 59.1 Å². The van der Waals surface area contributed by atoms with Crippen molar-refractivity contribution in [1.82, 2.24) is 0 Å². The maximum atomic E-state index is 12.7. The fraction of sp³-hybridized carbons (Fsp3) is 0.745. The molecule has 1 aromatic heterocycles. The summed E-state index contributed by atoms with van der Waals surface area (Å²) in [6.07, 6.45) is 30.3. The van der Waals surface area contributed by atoms with Gasteiger partial charge in [0, 0.05) is 32.2 Å². The number of aliphatic hydroxyl groups is 2. The van der Waals surface area contributed by atoms with Crippen LogP contribution in [0.1, 0.15) is 178 Å². The van der Waals surface area contributed by atoms with Crippen LogP contribution in [-0.4, -0.2) is 71.7 Å². The highest BCUT2D eigenvalue weighted by Gasteiger charge is 2.26. The molecule has 346 valence electrons. The fourth-order valence-corrected chi connectivity index (χ4v) is 7.33. The van der Waals surface area contributed by atoms with E-state index in [9.17, 15) is 29.3 Å². The van der Waals surface area contributed by atoms with E-state index >= 15 is 0 Å². The summed E-state index contributed by atoms with van der Waals surface area (Å²) in [5.41, 5.74) is 7.97. The topological polar surface area (TPSA) is 188 Å². The maximum Gasteiger partial charge on any atom is 0.472 e. The standard InChI is InChI=1S/C47H82NO11P/c1-5-7-9-10-11-12-13-14-15-18-21-25-29-42(49)43(50)30-28-34-47(52)58-41(38-57-60(53,54)56-36-35-48)37-55-46(51)33-27-23-20-17-16-19-22-26-32-45-40(4)39(3)44(59-45)31-24-8-6-2/h11-12,14-15,21,25,41-43,49-50H,5-10,13,16-20,22-24,26-38,48H2,1-4H3,(H,53,54)/b12-11-,15-14-,25-21-/t41-,42?,43?/m1/s1. The van der Waals surface area contributed by atoms with Crippen LogP contribution in [0.25, 0.3) is 0 Å². The van der Waals surface area contributed by atoms with Crippen molar-refractivity contribution in [2.24, 2.45) is 5.73 Å². The SMILES string of the molecule is CCCCC/C=C\C/C=C\C/C=C\CC(O)C(O)CCCC(=O)O[C@H](COC(=O)CCCCCCCCCCc1oc(CCCCC)c(C)c1C)COP(=O)(O)OCCN. The second-order valence-electron chi connectivity index (χ2n) is 15.8. The molecule has 13 heteroatoms. The number of unbranched alkanes of at least 4 members (excludes halogenated alkanes) is 12. The lowest BCUT2D eigenvalue weighted by Crippen LogP contribution is -2.30. The predicted octanol–water partition coefficient (Wildman–Crippen LogP) is 10.5. The van der Waals surface area contributed by atoms with Crippen LogP contribution in [0, 0.1) is 13.8 Å². The molecule has 1 heterocycles. The minimum absolute atomic E-state index is 0.00147. The second-order valence-corrected chi connectivity index (χ2v) is 17.3. The number of allylic oxidation sites excluding steroid dienone is 5. The minimum atomic E-state index is -4.47. The molecule has 0 aliphatic heterocycles. The monoisotopic (exact) mass is 868 g/mol. The first-order chi connectivity index (χ1) is 28.9. The van der Waals surface area contributed by atoms with Gasteiger partial charge in [0.2, 0.25) is 0 Å². The van der Waals surface area contributed by atoms with Crippen LogP contribution in [0.3, 0.4) is 0 Å². The summed E-state index contributed by atoms with van der Waals surface area (Å²) in [6, 6.07) is 0. The summed E-state index contributed by atoms with van der Waals surface area (Å²) in [5.74, 6) is 1.17. The maximum absolute atomic E-state index is 12.7. The molecule has 0 radical (unpaired) electrons. The van der Waals surface area contributed by atoms with Crippen molar-refractivity contribution in [2.75, 3.05) is 26.4 Å². The molecule has 0 bridgehead atoms. The van der Waals surface area contributed by atoms with E-state index in [-0.39, 0.29) is 51.9 Å². The van der Waals surface area contributed by atoms with Gasteiger partial charge in [0.15, 0.2) is 6.10 Å². The van der Waals surface area contributed by atoms with E-state index in [0.717, 1.165) is 82.1 Å². The molecular formula is C47H82NO11P. The summed E-state index contributed by atoms with van der Waals surface area (Å²) in [7, 11) is -4.47. The number of phosphoric acid groups is 1. The Hall–Kier alpha value is -2.57. The number of ether oxygens (including phenoxy) is 2. The van der Waals surface area contributed by atoms with Crippen LogP contribution in [0.15, 0.2) is 40.9 Å². The second kappa shape index (κ2) is 36.0. The number of aliphatic hydroxyl groups excluding tert-OH is 2. The lowest BCUT2D eigenvalue weighted by Gasteiger charge is -2.20. The number of esters is 2. The number of rotatable bonds is 39. The molecule has 0 saturated heterocycles. The highest BCUT2D eigenvalue weighted by atomic mass is 31.2. The van der Waals surface area contributed by atoms with Gasteiger partial charge in [-0.25, -0.2) is 4.57 Å². The van der Waals surface area contributed by atoms with Crippen molar-refractivity contribution in [3.8, 4) is 0 Å². The van der Waals surface area contributed by atoms with E-state index in [1.54, 1.807) is 0 Å². The zero-order valence-corrected chi connectivity index (χ0v) is 38.5. The van der Waals surface area contributed by atoms with Gasteiger partial charge in [-0.15, -0.1) is 0 Å². The average Bonchev–Trinajstić information content (AvgIpc) is 3.49. The Labute approximate surface area is 362 Å². The number of hydrogen-bond donors (Lipinski definition) is 4. The van der Waals surface area contributed by atoms with Gasteiger partial charge < -0.3 is 34.7 Å². The zero-order valence-electron chi connectivity index (χ0n) is 37.6. The minimum Gasteiger partial charge on any atom is -0.466 e. The fourth-order valence-electron chi connectivity index (χ4n) is 6.56. The van der Waals surface area contributed by atoms with Gasteiger partial charge in [0.1, 0.15) is 18.1 Å². The number of phosphoric ester groups is 1. The number of furan rings is 1. The third-order valence-electron chi connectivity index (χ3n) is 10.4. The lowest BCUT2D eigenvalue weighted by atomic mass is 10.0. The van der Waals surface area contributed by atoms with E-state index in [0.29, 0.717) is 6.42 Å². The molecule has 0 aliphatic rings. The third-order valence-corrected chi connectivity index (χ3v) is 11.4. The molecule has 0 spiro atoms. The van der Waals surface area contributed by atoms with Crippen molar-refractivity contribution in [1.29, 1.82) is 0 Å². The van der Waals surface area contributed by atoms with E-state index in [1.807, 2.05) is 12.2 Å². The van der Waals surface area contributed by atoms with Crippen LogP contribution in [0.5, 0.6) is 0 Å². The average molecular weight is 868 g/mol. The quantitative estimate of drug-likeness (QED) is 0.0212. The third kappa shape index (κ3) is 28.9. The normalized spacial score (nSPS) is 14.6. The Morgan fingerprint density at radius 2 is 1.23 bits per heavy atom. The Kier molecular flexibility index (Phi) is 33.2. The molecule has 0 amide bonds. The van der Waals surface area contributed by atoms with E-state index in [1.165, 1.54) is 56.1 Å². The van der Waals surface area contributed by atoms with Gasteiger partial charge in [-0.1, -0.05) is 115 Å². The Morgan fingerprint density at radius 1 is 0.683 bits per heavy atom. The van der Waals surface area contributed by atoms with Gasteiger partial charge in [-0.05, 0) is 89.2 Å². The number of nitrogens with two attached hydrogens (primary N) is 1. The van der Waals surface area contributed by atoms with Crippen molar-refractivity contribution in [2.45, 2.75) is 200 Å². The van der Waals surface area contributed by atoms with Crippen molar-refractivity contribution < 1.29 is 52.2 Å². The zero-order chi connectivity index (χ0) is 44.3. The smallest absolute Gasteiger partial charge is 0.466 e. The number of aryl methyl sites for hydroxylation is 2. The molecule has 0 fully saturated rings. The van der Waals surface area contributed by atoms with Crippen LogP contribution in [-0.2, 0) is 45.5 Å². The van der Waals surface area contributed by atoms with Gasteiger partial charge in [0.05, 0.1) is 25.4 Å². The molecule has 60 heavy (non-hydrogen) atoms. The van der Waals surface area contributed by atoms with Crippen molar-refractivity contribution >= 4 is 19.8 Å². The summed E-state index contributed by atoms with van der Waals surface area (Å²) in [4.78, 5) is 35.1. The van der Waals surface area contributed by atoms with Crippen molar-refractivity contribution in [3.63, 3.8) is 0 Å². The number of hydrogen-bond acceptors (Lipinski definition) is 11. The first-order valence-electron chi connectivity index (χ1n) is 23.0.